The summed E-state index contributed by atoms with van der Waals surface area (Å²) in [5.74, 6) is 0.408. The zero-order valence-electron chi connectivity index (χ0n) is 24.0. The minimum absolute atomic E-state index is 0.0958. The third kappa shape index (κ3) is 7.69. The summed E-state index contributed by atoms with van der Waals surface area (Å²) in [6.07, 6.45) is -0.216. The zero-order valence-corrected chi connectivity index (χ0v) is 24.0. The first kappa shape index (κ1) is 29.4. The predicted molar refractivity (Wildman–Crippen MR) is 151 cm³/mol. The van der Waals surface area contributed by atoms with Gasteiger partial charge in [0, 0.05) is 24.4 Å². The normalized spacial score (nSPS) is 12.0. The van der Waals surface area contributed by atoms with Crippen LogP contribution in [0.5, 0.6) is 5.75 Å². The molecule has 0 aliphatic carbocycles. The molecule has 1 atom stereocenters. The van der Waals surface area contributed by atoms with Crippen molar-refractivity contribution in [1.29, 1.82) is 0 Å². The van der Waals surface area contributed by atoms with Gasteiger partial charge in [-0.25, -0.2) is 0 Å². The molecule has 3 rings (SSSR count). The fourth-order valence-electron chi connectivity index (χ4n) is 4.56. The van der Waals surface area contributed by atoms with Gasteiger partial charge in [0.05, 0.1) is 12.8 Å². The number of hydrogen-bond acceptors (Lipinski definition) is 6. The fraction of sp³-hybridized carbons (Fsp3) is 0.400. The molecule has 0 aliphatic heterocycles. The molecule has 9 heteroatoms. The number of ether oxygens (including phenoxy) is 1. The quantitative estimate of drug-likeness (QED) is 0.384. The highest BCUT2D eigenvalue weighted by atomic mass is 16.5. The van der Waals surface area contributed by atoms with Crippen molar-refractivity contribution in [1.82, 2.24) is 10.5 Å². The SMILES string of the molecule is COc1ccc(C(C(=O)NC(C)(C)C)N(C(=O)CCC(=O)Nc2cc(C)on2)c2c(C)cc(C)cc2C)cc1. The molecule has 3 amide bonds. The zero-order chi connectivity index (χ0) is 28.9. The van der Waals surface area contributed by atoms with Crippen LogP contribution in [0.4, 0.5) is 11.5 Å². The Morgan fingerprint density at radius 3 is 2.10 bits per heavy atom. The lowest BCUT2D eigenvalue weighted by atomic mass is 9.97. The number of hydrogen-bond donors (Lipinski definition) is 2. The van der Waals surface area contributed by atoms with E-state index in [1.54, 1.807) is 44.4 Å². The van der Waals surface area contributed by atoms with Crippen LogP contribution in [0.25, 0.3) is 0 Å². The smallest absolute Gasteiger partial charge is 0.248 e. The molecular weight excluding hydrogens is 496 g/mol. The lowest BCUT2D eigenvalue weighted by molar-refractivity contribution is -0.128. The van der Waals surface area contributed by atoms with Crippen molar-refractivity contribution in [3.63, 3.8) is 0 Å². The lowest BCUT2D eigenvalue weighted by Crippen LogP contribution is -2.50. The molecule has 2 aromatic carbocycles. The van der Waals surface area contributed by atoms with Crippen molar-refractivity contribution in [2.75, 3.05) is 17.3 Å². The summed E-state index contributed by atoms with van der Waals surface area (Å²) in [4.78, 5) is 42.0. The van der Waals surface area contributed by atoms with Crippen molar-refractivity contribution in [2.45, 2.75) is 72.9 Å². The third-order valence-corrected chi connectivity index (χ3v) is 6.04. The summed E-state index contributed by atoms with van der Waals surface area (Å²) < 4.78 is 10.3. The second-order valence-corrected chi connectivity index (χ2v) is 10.8. The molecule has 1 unspecified atom stereocenters. The standard InChI is InChI=1S/C30H38N4O5/c1-18-15-19(2)27(20(3)16-18)34(26(36)14-13-25(35)31-24-17-21(4)39-33-24)28(29(37)32-30(5,6)7)22-9-11-23(38-8)12-10-22/h9-12,15-17,28H,13-14H2,1-8H3,(H,32,37)(H,31,33,35). The molecular formula is C30H38N4O5. The van der Waals surface area contributed by atoms with Gasteiger partial charge < -0.3 is 19.9 Å². The summed E-state index contributed by atoms with van der Waals surface area (Å²) in [6.45, 7) is 13.2. The number of nitrogens with one attached hydrogen (secondary N) is 2. The van der Waals surface area contributed by atoms with Gasteiger partial charge in [-0.3, -0.25) is 19.3 Å². The second kappa shape index (κ2) is 12.1. The van der Waals surface area contributed by atoms with Gasteiger partial charge in [0.15, 0.2) is 5.82 Å². The third-order valence-electron chi connectivity index (χ3n) is 6.04. The van der Waals surface area contributed by atoms with Gasteiger partial charge in [-0.15, -0.1) is 0 Å². The molecule has 3 aromatic rings. The molecule has 208 valence electrons. The van der Waals surface area contributed by atoms with Gasteiger partial charge in [0.1, 0.15) is 17.6 Å². The molecule has 0 saturated carbocycles. The molecule has 1 heterocycles. The van der Waals surface area contributed by atoms with E-state index in [1.807, 2.05) is 53.7 Å². The number of carbonyl (C=O) groups is 3. The van der Waals surface area contributed by atoms with E-state index >= 15 is 0 Å². The van der Waals surface area contributed by atoms with Crippen LogP contribution in [0.3, 0.4) is 0 Å². The van der Waals surface area contributed by atoms with Gasteiger partial charge in [-0.2, -0.15) is 0 Å². The fourth-order valence-corrected chi connectivity index (χ4v) is 4.56. The van der Waals surface area contributed by atoms with Crippen LogP contribution < -0.4 is 20.3 Å². The molecule has 39 heavy (non-hydrogen) atoms. The van der Waals surface area contributed by atoms with Crippen LogP contribution in [-0.2, 0) is 14.4 Å². The highest BCUT2D eigenvalue weighted by Gasteiger charge is 2.36. The average molecular weight is 535 g/mol. The number of nitrogens with zero attached hydrogens (tertiary/aromatic N) is 2. The number of anilines is 2. The monoisotopic (exact) mass is 534 g/mol. The Kier molecular flexibility index (Phi) is 9.16. The Morgan fingerprint density at radius 1 is 0.974 bits per heavy atom. The Bertz CT molecular complexity index is 1320. The lowest BCUT2D eigenvalue weighted by Gasteiger charge is -2.35. The van der Waals surface area contributed by atoms with Crippen molar-refractivity contribution < 1.29 is 23.6 Å². The van der Waals surface area contributed by atoms with E-state index in [-0.39, 0.29) is 36.4 Å². The van der Waals surface area contributed by atoms with Crippen LogP contribution in [0, 0.1) is 27.7 Å². The van der Waals surface area contributed by atoms with Gasteiger partial charge in [0.25, 0.3) is 0 Å². The molecule has 0 saturated heterocycles. The first-order valence-corrected chi connectivity index (χ1v) is 12.9. The molecule has 2 N–H and O–H groups in total. The number of aromatic nitrogens is 1. The number of aryl methyl sites for hydroxylation is 4. The maximum Gasteiger partial charge on any atom is 0.248 e. The van der Waals surface area contributed by atoms with Crippen LogP contribution in [0.15, 0.2) is 47.0 Å². The van der Waals surface area contributed by atoms with Crippen LogP contribution in [-0.4, -0.2) is 35.5 Å². The van der Waals surface area contributed by atoms with E-state index in [0.29, 0.717) is 22.8 Å². The number of carbonyl (C=O) groups excluding carboxylic acids is 3. The maximum atomic E-state index is 14.0. The number of rotatable bonds is 9. The van der Waals surface area contributed by atoms with Gasteiger partial charge in [-0.1, -0.05) is 35.0 Å². The van der Waals surface area contributed by atoms with Crippen LogP contribution in [0.1, 0.15) is 67.7 Å². The van der Waals surface area contributed by atoms with Crippen LogP contribution in [0.2, 0.25) is 0 Å². The van der Waals surface area contributed by atoms with E-state index in [4.69, 9.17) is 9.26 Å². The highest BCUT2D eigenvalue weighted by molar-refractivity contribution is 6.04. The second-order valence-electron chi connectivity index (χ2n) is 10.8. The maximum absolute atomic E-state index is 14.0. The minimum Gasteiger partial charge on any atom is -0.497 e. The summed E-state index contributed by atoms with van der Waals surface area (Å²) in [5, 5.41) is 9.46. The first-order valence-electron chi connectivity index (χ1n) is 12.9. The Morgan fingerprint density at radius 2 is 1.59 bits per heavy atom. The summed E-state index contributed by atoms with van der Waals surface area (Å²) in [6, 6.07) is 11.7. The molecule has 0 aliphatic rings. The van der Waals surface area contributed by atoms with Crippen molar-refractivity contribution in [3.8, 4) is 5.75 Å². The molecule has 0 spiro atoms. The Balaban J connectivity index is 2.05. The van der Waals surface area contributed by atoms with Gasteiger partial charge >= 0.3 is 0 Å². The van der Waals surface area contributed by atoms with E-state index in [2.05, 4.69) is 15.8 Å². The summed E-state index contributed by atoms with van der Waals surface area (Å²) in [5.41, 5.74) is 3.47. The highest BCUT2D eigenvalue weighted by Crippen LogP contribution is 2.35. The molecule has 0 bridgehead atoms. The topological polar surface area (TPSA) is 114 Å². The van der Waals surface area contributed by atoms with Crippen molar-refractivity contribution in [3.05, 3.63) is 70.5 Å². The van der Waals surface area contributed by atoms with E-state index in [0.717, 1.165) is 16.7 Å². The molecule has 1 aromatic heterocycles. The predicted octanol–water partition coefficient (Wildman–Crippen LogP) is 5.32. The van der Waals surface area contributed by atoms with Crippen molar-refractivity contribution in [2.24, 2.45) is 0 Å². The molecule has 0 radical (unpaired) electrons. The Labute approximate surface area is 229 Å². The Hall–Kier alpha value is -4.14. The van der Waals surface area contributed by atoms with Gasteiger partial charge in [0.2, 0.25) is 17.7 Å². The van der Waals surface area contributed by atoms with Gasteiger partial charge in [-0.05, 0) is 77.3 Å². The number of methoxy groups -OCH3 is 1. The first-order chi connectivity index (χ1) is 18.3. The molecule has 0 fully saturated rings. The van der Waals surface area contributed by atoms with E-state index in [9.17, 15) is 14.4 Å². The molecule has 9 nitrogen and oxygen atoms in total. The number of benzene rings is 2. The van der Waals surface area contributed by atoms with Crippen molar-refractivity contribution >= 4 is 29.2 Å². The van der Waals surface area contributed by atoms with Crippen LogP contribution >= 0.6 is 0 Å². The average Bonchev–Trinajstić information content (AvgIpc) is 3.24. The number of amides is 3. The van der Waals surface area contributed by atoms with E-state index < -0.39 is 11.6 Å². The van der Waals surface area contributed by atoms with E-state index in [1.165, 1.54) is 4.90 Å². The summed E-state index contributed by atoms with van der Waals surface area (Å²) >= 11 is 0. The summed E-state index contributed by atoms with van der Waals surface area (Å²) in [7, 11) is 1.57. The largest absolute Gasteiger partial charge is 0.497 e. The minimum atomic E-state index is -0.982.